The van der Waals surface area contributed by atoms with Crippen molar-refractivity contribution in [1.82, 2.24) is 4.90 Å². The number of fused-ring (bicyclic) bond motifs is 1. The zero-order valence-electron chi connectivity index (χ0n) is 13.3. The van der Waals surface area contributed by atoms with Gasteiger partial charge in [0.15, 0.2) is 0 Å². The fourth-order valence-corrected chi connectivity index (χ4v) is 4.28. The molecule has 3 nitrogen and oxygen atoms in total. The van der Waals surface area contributed by atoms with Crippen molar-refractivity contribution < 1.29 is 4.74 Å². The van der Waals surface area contributed by atoms with Gasteiger partial charge >= 0.3 is 0 Å². The highest BCUT2D eigenvalue weighted by atomic mass is 16.5. The van der Waals surface area contributed by atoms with Crippen molar-refractivity contribution in [3.8, 4) is 5.75 Å². The number of benzene rings is 1. The standard InChI is InChI=1S/C18H28N2O/c1-3-17(19)18(13-6-5-9-16(10-13)21-2)20-11-14-7-4-8-15(14)12-20/h5-6,9-10,14-15,17-18H,3-4,7-8,11-12,19H2,1-2H3. The Kier molecular flexibility index (Phi) is 4.51. The van der Waals surface area contributed by atoms with Gasteiger partial charge in [0.25, 0.3) is 0 Å². The fourth-order valence-electron chi connectivity index (χ4n) is 4.28. The van der Waals surface area contributed by atoms with E-state index in [9.17, 15) is 0 Å². The molecule has 1 aromatic rings. The molecule has 0 aromatic heterocycles. The van der Waals surface area contributed by atoms with Crippen LogP contribution in [0.25, 0.3) is 0 Å². The fraction of sp³-hybridized carbons (Fsp3) is 0.667. The molecule has 0 spiro atoms. The Morgan fingerprint density at radius 3 is 2.62 bits per heavy atom. The quantitative estimate of drug-likeness (QED) is 0.904. The molecule has 4 unspecified atom stereocenters. The second-order valence-electron chi connectivity index (χ2n) is 6.70. The zero-order valence-corrected chi connectivity index (χ0v) is 13.3. The third-order valence-corrected chi connectivity index (χ3v) is 5.46. The number of ether oxygens (including phenoxy) is 1. The molecule has 4 atom stereocenters. The molecule has 1 saturated heterocycles. The van der Waals surface area contributed by atoms with Crippen molar-refractivity contribution in [2.75, 3.05) is 20.2 Å². The van der Waals surface area contributed by atoms with Gasteiger partial charge in [0, 0.05) is 19.1 Å². The smallest absolute Gasteiger partial charge is 0.119 e. The van der Waals surface area contributed by atoms with Crippen molar-refractivity contribution in [3.05, 3.63) is 29.8 Å². The van der Waals surface area contributed by atoms with E-state index in [2.05, 4.69) is 30.0 Å². The summed E-state index contributed by atoms with van der Waals surface area (Å²) in [6.45, 7) is 4.63. The Labute approximate surface area is 128 Å². The topological polar surface area (TPSA) is 38.5 Å². The second-order valence-corrected chi connectivity index (χ2v) is 6.70. The van der Waals surface area contributed by atoms with Crippen molar-refractivity contribution >= 4 is 0 Å². The molecule has 2 N–H and O–H groups in total. The first-order valence-corrected chi connectivity index (χ1v) is 8.36. The molecule has 3 heteroatoms. The normalized spacial score (nSPS) is 28.3. The summed E-state index contributed by atoms with van der Waals surface area (Å²) < 4.78 is 5.40. The number of methoxy groups -OCH3 is 1. The van der Waals surface area contributed by atoms with Crippen molar-refractivity contribution in [2.45, 2.75) is 44.7 Å². The van der Waals surface area contributed by atoms with E-state index in [4.69, 9.17) is 10.5 Å². The van der Waals surface area contributed by atoms with Crippen LogP contribution in [0.1, 0.15) is 44.2 Å². The third kappa shape index (κ3) is 2.95. The highest BCUT2D eigenvalue weighted by Gasteiger charge is 2.40. The molecule has 1 aromatic carbocycles. The molecule has 0 radical (unpaired) electrons. The maximum Gasteiger partial charge on any atom is 0.119 e. The van der Waals surface area contributed by atoms with Crippen LogP contribution in [0.5, 0.6) is 5.75 Å². The van der Waals surface area contributed by atoms with E-state index < -0.39 is 0 Å². The summed E-state index contributed by atoms with van der Waals surface area (Å²) in [5.74, 6) is 2.74. The number of nitrogens with zero attached hydrogens (tertiary/aromatic N) is 1. The zero-order chi connectivity index (χ0) is 14.8. The molecule has 1 heterocycles. The number of hydrogen-bond acceptors (Lipinski definition) is 3. The predicted octanol–water partition coefficient (Wildman–Crippen LogP) is 3.21. The van der Waals surface area contributed by atoms with Crippen LogP contribution in [0.15, 0.2) is 24.3 Å². The number of rotatable bonds is 5. The van der Waals surface area contributed by atoms with Gasteiger partial charge in [-0.2, -0.15) is 0 Å². The van der Waals surface area contributed by atoms with Crippen LogP contribution in [-0.2, 0) is 0 Å². The monoisotopic (exact) mass is 288 g/mol. The molecule has 1 saturated carbocycles. The van der Waals surface area contributed by atoms with Crippen molar-refractivity contribution in [3.63, 3.8) is 0 Å². The molecule has 3 rings (SSSR count). The Morgan fingerprint density at radius 2 is 2.00 bits per heavy atom. The second kappa shape index (κ2) is 6.37. The van der Waals surface area contributed by atoms with Gasteiger partial charge < -0.3 is 10.5 Å². The summed E-state index contributed by atoms with van der Waals surface area (Å²) >= 11 is 0. The maximum atomic E-state index is 6.49. The van der Waals surface area contributed by atoms with Gasteiger partial charge in [-0.15, -0.1) is 0 Å². The molecular formula is C18H28N2O. The van der Waals surface area contributed by atoms with Crippen LogP contribution in [0.2, 0.25) is 0 Å². The van der Waals surface area contributed by atoms with E-state index in [1.807, 2.05) is 6.07 Å². The lowest BCUT2D eigenvalue weighted by atomic mass is 9.96. The van der Waals surface area contributed by atoms with E-state index in [1.165, 1.54) is 37.9 Å². The molecular weight excluding hydrogens is 260 g/mol. The van der Waals surface area contributed by atoms with Crippen molar-refractivity contribution in [2.24, 2.45) is 17.6 Å². The van der Waals surface area contributed by atoms with Gasteiger partial charge in [0.05, 0.1) is 13.2 Å². The predicted molar refractivity (Wildman–Crippen MR) is 86.4 cm³/mol. The summed E-state index contributed by atoms with van der Waals surface area (Å²) in [5, 5.41) is 0. The number of likely N-dealkylation sites (tertiary alicyclic amines) is 1. The van der Waals surface area contributed by atoms with Crippen LogP contribution >= 0.6 is 0 Å². The van der Waals surface area contributed by atoms with Gasteiger partial charge in [-0.25, -0.2) is 0 Å². The molecule has 0 bridgehead atoms. The van der Waals surface area contributed by atoms with Gasteiger partial charge in [-0.1, -0.05) is 25.5 Å². The van der Waals surface area contributed by atoms with E-state index in [-0.39, 0.29) is 6.04 Å². The van der Waals surface area contributed by atoms with Crippen LogP contribution in [-0.4, -0.2) is 31.1 Å². The van der Waals surface area contributed by atoms with Crippen LogP contribution < -0.4 is 10.5 Å². The molecule has 2 fully saturated rings. The lowest BCUT2D eigenvalue weighted by molar-refractivity contribution is 0.194. The first-order valence-electron chi connectivity index (χ1n) is 8.36. The highest BCUT2D eigenvalue weighted by molar-refractivity contribution is 5.31. The summed E-state index contributed by atoms with van der Waals surface area (Å²) in [5.41, 5.74) is 7.80. The summed E-state index contributed by atoms with van der Waals surface area (Å²) in [6, 6.07) is 8.98. The Hall–Kier alpha value is -1.06. The Bertz CT molecular complexity index is 464. The molecule has 1 aliphatic carbocycles. The van der Waals surface area contributed by atoms with Crippen LogP contribution in [0.3, 0.4) is 0 Å². The van der Waals surface area contributed by atoms with Crippen LogP contribution in [0, 0.1) is 11.8 Å². The summed E-state index contributed by atoms with van der Waals surface area (Å²) in [4.78, 5) is 2.64. The molecule has 21 heavy (non-hydrogen) atoms. The summed E-state index contributed by atoms with van der Waals surface area (Å²) in [7, 11) is 1.73. The molecule has 2 aliphatic rings. The number of hydrogen-bond donors (Lipinski definition) is 1. The largest absolute Gasteiger partial charge is 0.497 e. The van der Waals surface area contributed by atoms with E-state index in [0.29, 0.717) is 6.04 Å². The number of nitrogens with two attached hydrogens (primary N) is 1. The maximum absolute atomic E-state index is 6.49. The van der Waals surface area contributed by atoms with E-state index in [0.717, 1.165) is 24.0 Å². The Balaban J connectivity index is 1.84. The SMILES string of the molecule is CCC(N)C(c1cccc(OC)c1)N1CC2CCCC2C1. The van der Waals surface area contributed by atoms with Gasteiger partial charge in [-0.05, 0) is 48.8 Å². The average Bonchev–Trinajstić information content (AvgIpc) is 3.09. The molecule has 116 valence electrons. The lowest BCUT2D eigenvalue weighted by Crippen LogP contribution is -2.40. The third-order valence-electron chi connectivity index (χ3n) is 5.46. The van der Waals surface area contributed by atoms with Crippen LogP contribution in [0.4, 0.5) is 0 Å². The molecule has 1 aliphatic heterocycles. The highest BCUT2D eigenvalue weighted by Crippen LogP contribution is 2.42. The first-order chi connectivity index (χ1) is 10.2. The first kappa shape index (κ1) is 14.9. The minimum atomic E-state index is 0.191. The van der Waals surface area contributed by atoms with E-state index in [1.54, 1.807) is 7.11 Å². The van der Waals surface area contributed by atoms with Gasteiger partial charge in [0.1, 0.15) is 5.75 Å². The summed E-state index contributed by atoms with van der Waals surface area (Å²) in [6.07, 6.45) is 5.25. The van der Waals surface area contributed by atoms with Gasteiger partial charge in [-0.3, -0.25) is 4.90 Å². The lowest BCUT2D eigenvalue weighted by Gasteiger charge is -2.33. The minimum Gasteiger partial charge on any atom is -0.497 e. The molecule has 0 amide bonds. The van der Waals surface area contributed by atoms with E-state index >= 15 is 0 Å². The van der Waals surface area contributed by atoms with Gasteiger partial charge in [0.2, 0.25) is 0 Å². The van der Waals surface area contributed by atoms with Crippen molar-refractivity contribution in [1.29, 1.82) is 0 Å². The average molecular weight is 288 g/mol. The Morgan fingerprint density at radius 1 is 1.29 bits per heavy atom. The minimum absolute atomic E-state index is 0.191.